The molecule has 4 nitrogen and oxygen atoms in total. The lowest BCUT2D eigenvalue weighted by molar-refractivity contribution is 0.533. The molecular weight excluding hydrogens is 140 g/mol. The van der Waals surface area contributed by atoms with Gasteiger partial charge in [-0.15, -0.1) is 0 Å². The summed E-state index contributed by atoms with van der Waals surface area (Å²) in [5.41, 5.74) is 10.7. The maximum absolute atomic E-state index is 6.89. The van der Waals surface area contributed by atoms with E-state index in [2.05, 4.69) is 12.2 Å². The van der Waals surface area contributed by atoms with Gasteiger partial charge in [0, 0.05) is 0 Å². The third-order valence-electron chi connectivity index (χ3n) is 1.46. The molecular formula is C7H18N4. The topological polar surface area (TPSA) is 87.9 Å². The Hall–Kier alpha value is -0.770. The second-order valence-electron chi connectivity index (χ2n) is 2.66. The molecule has 4 heteroatoms. The minimum Gasteiger partial charge on any atom is -0.370 e. The summed E-state index contributed by atoms with van der Waals surface area (Å²) in [6.45, 7) is 2.14. The van der Waals surface area contributed by atoms with Crippen molar-refractivity contribution in [1.29, 1.82) is 5.41 Å². The molecule has 6 N–H and O–H groups in total. The maximum Gasteiger partial charge on any atom is 0.186 e. The van der Waals surface area contributed by atoms with Crippen LogP contribution >= 0.6 is 0 Å². The third kappa shape index (κ3) is 7.12. The van der Waals surface area contributed by atoms with Crippen LogP contribution < -0.4 is 16.8 Å². The SMILES string of the molecule is CCCCCC(N)NC(=N)N. The van der Waals surface area contributed by atoms with E-state index < -0.39 is 0 Å². The van der Waals surface area contributed by atoms with Gasteiger partial charge in [0.25, 0.3) is 0 Å². The third-order valence-corrected chi connectivity index (χ3v) is 1.46. The van der Waals surface area contributed by atoms with Gasteiger partial charge in [0.1, 0.15) is 0 Å². The minimum absolute atomic E-state index is 0.0472. The number of hydrogen-bond donors (Lipinski definition) is 4. The van der Waals surface area contributed by atoms with Crippen molar-refractivity contribution in [2.75, 3.05) is 0 Å². The van der Waals surface area contributed by atoms with Crippen molar-refractivity contribution in [2.24, 2.45) is 11.5 Å². The van der Waals surface area contributed by atoms with Gasteiger partial charge in [0.2, 0.25) is 0 Å². The predicted octanol–water partition coefficient (Wildman–Crippen LogP) is 0.335. The van der Waals surface area contributed by atoms with Crippen LogP contribution in [0.2, 0.25) is 0 Å². The normalized spacial score (nSPS) is 12.5. The van der Waals surface area contributed by atoms with Crippen LogP contribution in [-0.2, 0) is 0 Å². The molecule has 0 aliphatic carbocycles. The molecule has 0 rings (SSSR count). The lowest BCUT2D eigenvalue weighted by atomic mass is 10.2. The van der Waals surface area contributed by atoms with E-state index in [1.54, 1.807) is 0 Å². The fourth-order valence-corrected chi connectivity index (χ4v) is 0.886. The summed E-state index contributed by atoms with van der Waals surface area (Å²) < 4.78 is 0. The zero-order chi connectivity index (χ0) is 8.69. The molecule has 11 heavy (non-hydrogen) atoms. The van der Waals surface area contributed by atoms with Gasteiger partial charge in [-0.25, -0.2) is 0 Å². The van der Waals surface area contributed by atoms with Crippen molar-refractivity contribution < 1.29 is 0 Å². The van der Waals surface area contributed by atoms with Gasteiger partial charge in [0.15, 0.2) is 5.96 Å². The van der Waals surface area contributed by atoms with E-state index in [0.717, 1.165) is 12.8 Å². The first-order valence-electron chi connectivity index (χ1n) is 4.03. The van der Waals surface area contributed by atoms with E-state index in [4.69, 9.17) is 16.9 Å². The Bertz CT molecular complexity index is 113. The van der Waals surface area contributed by atoms with Gasteiger partial charge in [-0.2, -0.15) is 0 Å². The highest BCUT2D eigenvalue weighted by Gasteiger charge is 2.00. The van der Waals surface area contributed by atoms with Crippen LogP contribution in [0.15, 0.2) is 0 Å². The molecule has 0 radical (unpaired) electrons. The van der Waals surface area contributed by atoms with Crippen molar-refractivity contribution in [1.82, 2.24) is 5.32 Å². The molecule has 0 aromatic carbocycles. The molecule has 0 aromatic rings. The van der Waals surface area contributed by atoms with E-state index >= 15 is 0 Å². The van der Waals surface area contributed by atoms with E-state index in [1.807, 2.05) is 0 Å². The average Bonchev–Trinajstić information content (AvgIpc) is 1.86. The van der Waals surface area contributed by atoms with Crippen molar-refractivity contribution in [2.45, 2.75) is 38.8 Å². The lowest BCUT2D eigenvalue weighted by Crippen LogP contribution is -2.44. The molecule has 0 heterocycles. The standard InChI is InChI=1S/C7H18N4/c1-2-3-4-5-6(8)11-7(9)10/h6H,2-5,8H2,1H3,(H4,9,10,11). The number of nitrogens with one attached hydrogen (secondary N) is 2. The summed E-state index contributed by atoms with van der Waals surface area (Å²) in [5.74, 6) is -0.0472. The van der Waals surface area contributed by atoms with Crippen LogP contribution in [0.3, 0.4) is 0 Å². The summed E-state index contributed by atoms with van der Waals surface area (Å²) in [6.07, 6.45) is 4.20. The van der Waals surface area contributed by atoms with Crippen molar-refractivity contribution in [3.05, 3.63) is 0 Å². The summed E-state index contributed by atoms with van der Waals surface area (Å²) in [4.78, 5) is 0. The molecule has 0 saturated heterocycles. The summed E-state index contributed by atoms with van der Waals surface area (Å²) >= 11 is 0. The minimum atomic E-state index is -0.154. The predicted molar refractivity (Wildman–Crippen MR) is 47.2 cm³/mol. The maximum atomic E-state index is 6.89. The van der Waals surface area contributed by atoms with Gasteiger partial charge in [0.05, 0.1) is 6.17 Å². The molecule has 0 bridgehead atoms. The van der Waals surface area contributed by atoms with Crippen molar-refractivity contribution >= 4 is 5.96 Å². The monoisotopic (exact) mass is 158 g/mol. The lowest BCUT2D eigenvalue weighted by Gasteiger charge is -2.12. The van der Waals surface area contributed by atoms with Crippen LogP contribution in [0.1, 0.15) is 32.6 Å². The highest BCUT2D eigenvalue weighted by atomic mass is 15.1. The smallest absolute Gasteiger partial charge is 0.186 e. The average molecular weight is 158 g/mol. The molecule has 66 valence electrons. The van der Waals surface area contributed by atoms with Gasteiger partial charge in [-0.1, -0.05) is 26.2 Å². The Morgan fingerprint density at radius 1 is 1.55 bits per heavy atom. The van der Waals surface area contributed by atoms with Crippen molar-refractivity contribution in [3.63, 3.8) is 0 Å². The number of rotatable bonds is 5. The summed E-state index contributed by atoms with van der Waals surface area (Å²) in [5, 5.41) is 9.53. The Morgan fingerprint density at radius 2 is 2.18 bits per heavy atom. The van der Waals surface area contributed by atoms with Crippen LogP contribution in [-0.4, -0.2) is 12.1 Å². The Labute approximate surface area is 67.8 Å². The number of guanidine groups is 1. The Kier molecular flexibility index (Phi) is 5.56. The molecule has 0 fully saturated rings. The van der Waals surface area contributed by atoms with Gasteiger partial charge in [-0.3, -0.25) is 5.41 Å². The van der Waals surface area contributed by atoms with Crippen molar-refractivity contribution in [3.8, 4) is 0 Å². The molecule has 0 aromatic heterocycles. The van der Waals surface area contributed by atoms with E-state index in [-0.39, 0.29) is 12.1 Å². The van der Waals surface area contributed by atoms with Gasteiger partial charge in [-0.05, 0) is 6.42 Å². The molecule has 1 unspecified atom stereocenters. The first kappa shape index (κ1) is 10.2. The first-order valence-corrected chi connectivity index (χ1v) is 4.03. The van der Waals surface area contributed by atoms with Crippen LogP contribution in [0.5, 0.6) is 0 Å². The molecule has 0 amide bonds. The van der Waals surface area contributed by atoms with Crippen LogP contribution in [0.4, 0.5) is 0 Å². The first-order chi connectivity index (χ1) is 5.16. The zero-order valence-corrected chi connectivity index (χ0v) is 7.06. The highest BCUT2D eigenvalue weighted by Crippen LogP contribution is 1.99. The molecule has 0 saturated carbocycles. The summed E-state index contributed by atoms with van der Waals surface area (Å²) in [7, 11) is 0. The van der Waals surface area contributed by atoms with E-state index in [1.165, 1.54) is 12.8 Å². The van der Waals surface area contributed by atoms with Gasteiger partial charge >= 0.3 is 0 Å². The van der Waals surface area contributed by atoms with E-state index in [9.17, 15) is 0 Å². The fourth-order valence-electron chi connectivity index (χ4n) is 0.886. The Balaban J connectivity index is 3.22. The molecule has 0 aliphatic heterocycles. The zero-order valence-electron chi connectivity index (χ0n) is 7.06. The highest BCUT2D eigenvalue weighted by molar-refractivity contribution is 5.74. The molecule has 0 aliphatic rings. The number of nitrogens with two attached hydrogens (primary N) is 2. The van der Waals surface area contributed by atoms with Crippen LogP contribution in [0, 0.1) is 5.41 Å². The molecule has 0 spiro atoms. The second kappa shape index (κ2) is 5.97. The number of unbranched alkanes of at least 4 members (excludes halogenated alkanes) is 2. The quantitative estimate of drug-likeness (QED) is 0.201. The Morgan fingerprint density at radius 3 is 2.64 bits per heavy atom. The fraction of sp³-hybridized carbons (Fsp3) is 0.857. The second-order valence-corrected chi connectivity index (χ2v) is 2.66. The van der Waals surface area contributed by atoms with Crippen LogP contribution in [0.25, 0.3) is 0 Å². The van der Waals surface area contributed by atoms with Gasteiger partial charge < -0.3 is 16.8 Å². The number of hydrogen-bond acceptors (Lipinski definition) is 2. The largest absolute Gasteiger partial charge is 0.370 e. The molecule has 1 atom stereocenters. The summed E-state index contributed by atoms with van der Waals surface area (Å²) in [6, 6.07) is 0. The van der Waals surface area contributed by atoms with E-state index in [0.29, 0.717) is 0 Å².